The lowest BCUT2D eigenvalue weighted by molar-refractivity contribution is -0.0883. The average Bonchev–Trinajstić information content (AvgIpc) is 3.35. The van der Waals surface area contributed by atoms with Gasteiger partial charge in [0.2, 0.25) is 0 Å². The van der Waals surface area contributed by atoms with Crippen molar-refractivity contribution in [1.29, 1.82) is 0 Å². The molecule has 2 aromatic rings. The van der Waals surface area contributed by atoms with Gasteiger partial charge in [0.25, 0.3) is 5.91 Å². The van der Waals surface area contributed by atoms with E-state index in [0.717, 1.165) is 6.07 Å². The number of methoxy groups -OCH3 is 1. The van der Waals surface area contributed by atoms with Crippen LogP contribution in [0.15, 0.2) is 35.2 Å². The molecule has 0 aliphatic heterocycles. The Morgan fingerprint density at radius 2 is 1.88 bits per heavy atom. The third kappa shape index (κ3) is 3.92. The number of nitrogens with one attached hydrogen (secondary N) is 1. The highest BCUT2D eigenvalue weighted by molar-refractivity contribution is 7.92. The van der Waals surface area contributed by atoms with Crippen molar-refractivity contribution in [3.05, 3.63) is 58.4 Å². The molecule has 2 bridgehead atoms. The number of anilines is 1. The van der Waals surface area contributed by atoms with Crippen LogP contribution >= 0.6 is 11.6 Å². The van der Waals surface area contributed by atoms with Crippen molar-refractivity contribution in [2.45, 2.75) is 35.0 Å². The van der Waals surface area contributed by atoms with Gasteiger partial charge in [-0.05, 0) is 43.4 Å². The topological polar surface area (TPSA) is 92.7 Å². The van der Waals surface area contributed by atoms with Crippen LogP contribution in [0.2, 0.25) is 5.02 Å². The lowest BCUT2D eigenvalue weighted by atomic mass is 9.85. The Kier molecular flexibility index (Phi) is 6.24. The van der Waals surface area contributed by atoms with Crippen LogP contribution in [-0.2, 0) is 14.6 Å². The van der Waals surface area contributed by atoms with Crippen molar-refractivity contribution >= 4 is 33.0 Å². The van der Waals surface area contributed by atoms with E-state index in [-0.39, 0.29) is 33.7 Å². The summed E-state index contributed by atoms with van der Waals surface area (Å²) in [6, 6.07) is 4.85. The summed E-state index contributed by atoms with van der Waals surface area (Å²) < 4.78 is 72.8. The van der Waals surface area contributed by atoms with E-state index in [1.54, 1.807) is 0 Å². The van der Waals surface area contributed by atoms with E-state index in [4.69, 9.17) is 16.3 Å². The van der Waals surface area contributed by atoms with Crippen LogP contribution in [0, 0.1) is 29.3 Å². The number of rotatable bonds is 6. The van der Waals surface area contributed by atoms with Gasteiger partial charge in [-0.15, -0.1) is 0 Å². The smallest absolute Gasteiger partial charge is 0.255 e. The van der Waals surface area contributed by atoms with Gasteiger partial charge in [0, 0.05) is 36.4 Å². The Morgan fingerprint density at radius 3 is 2.45 bits per heavy atom. The molecule has 2 aromatic carbocycles. The van der Waals surface area contributed by atoms with E-state index in [9.17, 15) is 31.5 Å². The molecule has 3 unspecified atom stereocenters. The standard InChI is InChI=1S/C22H21ClF3NO5S/c1-32-22(10-28)9-12-2-4-14(22)20(12)33(30,31)18-6-11(3-5-15(18)23)21(29)27-13-7-16(24)19(26)17(25)8-13/h3,5-8,12,14,20,28H,2,4,9-10H2,1H3,(H,27,29)/t12?,14?,20-,22?/m1/s1. The van der Waals surface area contributed by atoms with Crippen LogP contribution in [-0.4, -0.2) is 44.0 Å². The first-order valence-electron chi connectivity index (χ1n) is 10.2. The van der Waals surface area contributed by atoms with Crippen LogP contribution in [0.4, 0.5) is 18.9 Å². The number of amides is 1. The Labute approximate surface area is 193 Å². The van der Waals surface area contributed by atoms with E-state index in [1.165, 1.54) is 19.2 Å². The maximum Gasteiger partial charge on any atom is 0.255 e. The molecule has 2 aliphatic rings. The maximum absolute atomic E-state index is 13.6. The van der Waals surface area contributed by atoms with Crippen molar-refractivity contribution in [1.82, 2.24) is 0 Å². The van der Waals surface area contributed by atoms with Crippen molar-refractivity contribution in [3.8, 4) is 0 Å². The summed E-state index contributed by atoms with van der Waals surface area (Å²) >= 11 is 6.21. The first-order valence-corrected chi connectivity index (χ1v) is 12.1. The molecule has 0 spiro atoms. The van der Waals surface area contributed by atoms with Crippen LogP contribution in [0.1, 0.15) is 29.6 Å². The van der Waals surface area contributed by atoms with Gasteiger partial charge >= 0.3 is 0 Å². The zero-order valence-corrected chi connectivity index (χ0v) is 19.0. The fourth-order valence-electron chi connectivity index (χ4n) is 5.22. The Bertz CT molecular complexity index is 1200. The van der Waals surface area contributed by atoms with E-state index in [0.29, 0.717) is 31.4 Å². The van der Waals surface area contributed by atoms with Crippen molar-refractivity contribution < 1.29 is 36.2 Å². The van der Waals surface area contributed by atoms with E-state index in [1.807, 2.05) is 0 Å². The molecule has 2 N–H and O–H groups in total. The third-order valence-electron chi connectivity index (χ3n) is 6.77. The van der Waals surface area contributed by atoms with Crippen molar-refractivity contribution in [3.63, 3.8) is 0 Å². The minimum Gasteiger partial charge on any atom is -0.393 e. The molecule has 6 nitrogen and oxygen atoms in total. The predicted octanol–water partition coefficient (Wildman–Crippen LogP) is 3.96. The zero-order valence-electron chi connectivity index (χ0n) is 17.4. The number of sulfone groups is 1. The van der Waals surface area contributed by atoms with Gasteiger partial charge in [-0.2, -0.15) is 0 Å². The number of halogens is 4. The minimum absolute atomic E-state index is 0.0799. The maximum atomic E-state index is 13.6. The summed E-state index contributed by atoms with van der Waals surface area (Å²) in [5.41, 5.74) is -1.40. The number of carbonyl (C=O) groups is 1. The summed E-state index contributed by atoms with van der Waals surface area (Å²) in [6.07, 6.45) is 1.63. The lowest BCUT2D eigenvalue weighted by Crippen LogP contribution is -2.43. The molecular formula is C22H21ClF3NO5S. The Balaban J connectivity index is 1.66. The van der Waals surface area contributed by atoms with Crippen molar-refractivity contribution in [2.75, 3.05) is 19.0 Å². The van der Waals surface area contributed by atoms with Gasteiger partial charge in [-0.3, -0.25) is 4.79 Å². The molecule has 4 atom stereocenters. The molecule has 4 rings (SSSR count). The predicted molar refractivity (Wildman–Crippen MR) is 114 cm³/mol. The first kappa shape index (κ1) is 24.0. The summed E-state index contributed by atoms with van der Waals surface area (Å²) in [7, 11) is -2.57. The van der Waals surface area contributed by atoms with Crippen LogP contribution in [0.5, 0.6) is 0 Å². The number of hydrogen-bond donors (Lipinski definition) is 2. The molecule has 0 saturated heterocycles. The lowest BCUT2D eigenvalue weighted by Gasteiger charge is -2.34. The molecule has 33 heavy (non-hydrogen) atoms. The molecule has 0 heterocycles. The van der Waals surface area contributed by atoms with E-state index >= 15 is 0 Å². The monoisotopic (exact) mass is 503 g/mol. The summed E-state index contributed by atoms with van der Waals surface area (Å²) in [4.78, 5) is 12.4. The summed E-state index contributed by atoms with van der Waals surface area (Å²) in [5, 5.41) is 11.2. The van der Waals surface area contributed by atoms with E-state index in [2.05, 4.69) is 5.32 Å². The second-order valence-corrected chi connectivity index (χ2v) is 10.9. The van der Waals surface area contributed by atoms with Crippen molar-refractivity contribution in [2.24, 2.45) is 11.8 Å². The molecule has 1 amide bonds. The highest BCUT2D eigenvalue weighted by atomic mass is 35.5. The number of aliphatic hydroxyl groups is 1. The third-order valence-corrected chi connectivity index (χ3v) is 9.59. The molecular weight excluding hydrogens is 483 g/mol. The fourth-order valence-corrected chi connectivity index (χ4v) is 8.14. The summed E-state index contributed by atoms with van der Waals surface area (Å²) in [5.74, 6) is -6.15. The number of benzene rings is 2. The van der Waals surface area contributed by atoms with Crippen LogP contribution < -0.4 is 5.32 Å². The molecule has 2 fully saturated rings. The number of hydrogen-bond acceptors (Lipinski definition) is 5. The quantitative estimate of drug-likeness (QED) is 0.582. The van der Waals surface area contributed by atoms with Gasteiger partial charge < -0.3 is 15.2 Å². The molecule has 178 valence electrons. The molecule has 0 aromatic heterocycles. The zero-order chi connectivity index (χ0) is 24.1. The van der Waals surface area contributed by atoms with Gasteiger partial charge in [-0.1, -0.05) is 11.6 Å². The molecule has 2 saturated carbocycles. The van der Waals surface area contributed by atoms with Crippen LogP contribution in [0.3, 0.4) is 0 Å². The molecule has 0 radical (unpaired) electrons. The fraction of sp³-hybridized carbons (Fsp3) is 0.409. The second-order valence-electron chi connectivity index (χ2n) is 8.44. The largest absolute Gasteiger partial charge is 0.393 e. The number of aliphatic hydroxyl groups excluding tert-OH is 1. The van der Waals surface area contributed by atoms with Gasteiger partial charge in [0.15, 0.2) is 27.3 Å². The molecule has 2 aliphatic carbocycles. The highest BCUT2D eigenvalue weighted by Gasteiger charge is 2.62. The van der Waals surface area contributed by atoms with Gasteiger partial charge in [0.05, 0.1) is 27.4 Å². The first-order chi connectivity index (χ1) is 15.5. The van der Waals surface area contributed by atoms with Gasteiger partial charge in [0.1, 0.15) is 0 Å². The molecule has 11 heteroatoms. The Morgan fingerprint density at radius 1 is 1.21 bits per heavy atom. The number of ether oxygens (including phenoxy) is 1. The average molecular weight is 504 g/mol. The summed E-state index contributed by atoms with van der Waals surface area (Å²) in [6.45, 7) is -0.308. The van der Waals surface area contributed by atoms with E-state index < -0.39 is 50.0 Å². The highest BCUT2D eigenvalue weighted by Crippen LogP contribution is 2.56. The normalized spacial score (nSPS) is 26.5. The second kappa shape index (κ2) is 8.57. The van der Waals surface area contributed by atoms with Crippen LogP contribution in [0.25, 0.3) is 0 Å². The number of carbonyl (C=O) groups excluding carboxylic acids is 1. The van der Waals surface area contributed by atoms with Gasteiger partial charge in [-0.25, -0.2) is 21.6 Å². The number of fused-ring (bicyclic) bond motifs is 2. The Hall–Kier alpha value is -2.14. The minimum atomic E-state index is -4.02. The SMILES string of the molecule is COC1(CO)CC2CCC1[C@@H]2S(=O)(=O)c1cc(C(=O)Nc2cc(F)c(F)c(F)c2)ccc1Cl.